The highest BCUT2D eigenvalue weighted by atomic mass is 13.9. The molecule has 0 saturated heterocycles. The third kappa shape index (κ3) is 3.66. The van der Waals surface area contributed by atoms with E-state index in [-0.39, 0.29) is 0 Å². The predicted molar refractivity (Wildman–Crippen MR) is 38.8 cm³/mol. The first-order valence-corrected chi connectivity index (χ1v) is 3.05. The van der Waals surface area contributed by atoms with E-state index in [9.17, 15) is 0 Å². The van der Waals surface area contributed by atoms with Gasteiger partial charge in [-0.1, -0.05) is 25.2 Å². The molecule has 1 atom stereocenters. The fraction of sp³-hybridized carbons (Fsp3) is 0.500. The molecule has 0 bridgehead atoms. The third-order valence-electron chi connectivity index (χ3n) is 1.15. The lowest BCUT2D eigenvalue weighted by molar-refractivity contribution is 0.746. The SMILES string of the molecule is C=C[C@@H](C)C/C=C\C. The molecule has 0 aliphatic carbocycles. The van der Waals surface area contributed by atoms with E-state index < -0.39 is 0 Å². The summed E-state index contributed by atoms with van der Waals surface area (Å²) >= 11 is 0. The van der Waals surface area contributed by atoms with Crippen LogP contribution in [0.3, 0.4) is 0 Å². The van der Waals surface area contributed by atoms with Crippen LogP contribution in [0.2, 0.25) is 0 Å². The number of rotatable bonds is 3. The molecule has 0 N–H and O–H groups in total. The molecule has 0 radical (unpaired) electrons. The molecule has 0 heteroatoms. The zero-order valence-electron chi connectivity index (χ0n) is 5.72. The Hall–Kier alpha value is -0.520. The van der Waals surface area contributed by atoms with Crippen molar-refractivity contribution in [2.24, 2.45) is 5.92 Å². The van der Waals surface area contributed by atoms with Crippen LogP contribution in [0.1, 0.15) is 20.3 Å². The van der Waals surface area contributed by atoms with Gasteiger partial charge < -0.3 is 0 Å². The van der Waals surface area contributed by atoms with Crippen LogP contribution < -0.4 is 0 Å². The van der Waals surface area contributed by atoms with Gasteiger partial charge in [-0.3, -0.25) is 0 Å². The van der Waals surface area contributed by atoms with Crippen molar-refractivity contribution in [3.05, 3.63) is 24.8 Å². The molecule has 0 amide bonds. The van der Waals surface area contributed by atoms with E-state index in [1.54, 1.807) is 0 Å². The van der Waals surface area contributed by atoms with Crippen molar-refractivity contribution in [2.75, 3.05) is 0 Å². The van der Waals surface area contributed by atoms with Gasteiger partial charge in [0.1, 0.15) is 0 Å². The molecule has 0 fully saturated rings. The Labute approximate surface area is 51.9 Å². The molecular weight excluding hydrogens is 96.1 g/mol. The van der Waals surface area contributed by atoms with E-state index in [0.29, 0.717) is 5.92 Å². The Morgan fingerprint density at radius 1 is 1.62 bits per heavy atom. The number of hydrogen-bond acceptors (Lipinski definition) is 0. The van der Waals surface area contributed by atoms with E-state index in [1.807, 2.05) is 13.0 Å². The van der Waals surface area contributed by atoms with Crippen molar-refractivity contribution in [1.29, 1.82) is 0 Å². The van der Waals surface area contributed by atoms with Crippen molar-refractivity contribution >= 4 is 0 Å². The van der Waals surface area contributed by atoms with E-state index in [1.165, 1.54) is 0 Å². The maximum Gasteiger partial charge on any atom is -0.0230 e. The van der Waals surface area contributed by atoms with Crippen LogP contribution in [-0.4, -0.2) is 0 Å². The Morgan fingerprint density at radius 2 is 2.25 bits per heavy atom. The summed E-state index contributed by atoms with van der Waals surface area (Å²) in [4.78, 5) is 0. The topological polar surface area (TPSA) is 0 Å². The monoisotopic (exact) mass is 110 g/mol. The van der Waals surface area contributed by atoms with Crippen molar-refractivity contribution in [1.82, 2.24) is 0 Å². The molecule has 0 aromatic heterocycles. The van der Waals surface area contributed by atoms with Crippen LogP contribution in [0, 0.1) is 5.92 Å². The molecule has 46 valence electrons. The molecule has 0 unspecified atom stereocenters. The van der Waals surface area contributed by atoms with Gasteiger partial charge in [-0.15, -0.1) is 6.58 Å². The van der Waals surface area contributed by atoms with Gasteiger partial charge in [0.2, 0.25) is 0 Å². The molecule has 0 nitrogen and oxygen atoms in total. The summed E-state index contributed by atoms with van der Waals surface area (Å²) in [7, 11) is 0. The Balaban J connectivity index is 3.23. The summed E-state index contributed by atoms with van der Waals surface area (Å²) in [5, 5.41) is 0. The lowest BCUT2D eigenvalue weighted by Crippen LogP contribution is -1.82. The Morgan fingerprint density at radius 3 is 2.62 bits per heavy atom. The van der Waals surface area contributed by atoms with E-state index >= 15 is 0 Å². The summed E-state index contributed by atoms with van der Waals surface area (Å²) in [6, 6.07) is 0. The lowest BCUT2D eigenvalue weighted by Gasteiger charge is -1.96. The first-order chi connectivity index (χ1) is 3.81. The van der Waals surface area contributed by atoms with E-state index in [0.717, 1.165) is 6.42 Å². The molecule has 0 aliphatic rings. The summed E-state index contributed by atoms with van der Waals surface area (Å²) in [6.07, 6.45) is 7.33. The molecule has 0 aliphatic heterocycles. The molecule has 8 heavy (non-hydrogen) atoms. The van der Waals surface area contributed by atoms with Crippen LogP contribution in [0.25, 0.3) is 0 Å². The zero-order chi connectivity index (χ0) is 6.41. The van der Waals surface area contributed by atoms with Gasteiger partial charge in [0.25, 0.3) is 0 Å². The average molecular weight is 110 g/mol. The highest BCUT2D eigenvalue weighted by Gasteiger charge is 1.87. The van der Waals surface area contributed by atoms with Gasteiger partial charge in [-0.2, -0.15) is 0 Å². The Kier molecular flexibility index (Phi) is 4.33. The lowest BCUT2D eigenvalue weighted by atomic mass is 10.1. The van der Waals surface area contributed by atoms with Crippen LogP contribution in [0.5, 0.6) is 0 Å². The minimum atomic E-state index is 0.631. The molecule has 0 heterocycles. The van der Waals surface area contributed by atoms with Crippen LogP contribution >= 0.6 is 0 Å². The highest BCUT2D eigenvalue weighted by Crippen LogP contribution is 2.01. The first-order valence-electron chi connectivity index (χ1n) is 3.05. The molecule has 0 spiro atoms. The fourth-order valence-corrected chi connectivity index (χ4v) is 0.447. The summed E-state index contributed by atoms with van der Waals surface area (Å²) in [5.41, 5.74) is 0. The van der Waals surface area contributed by atoms with Crippen molar-refractivity contribution in [2.45, 2.75) is 20.3 Å². The minimum Gasteiger partial charge on any atom is -0.103 e. The van der Waals surface area contributed by atoms with Crippen molar-refractivity contribution < 1.29 is 0 Å². The van der Waals surface area contributed by atoms with Gasteiger partial charge in [0, 0.05) is 0 Å². The molecule has 0 aromatic carbocycles. The predicted octanol–water partition coefficient (Wildman–Crippen LogP) is 2.77. The van der Waals surface area contributed by atoms with Gasteiger partial charge in [-0.25, -0.2) is 0 Å². The highest BCUT2D eigenvalue weighted by molar-refractivity contribution is 4.85. The van der Waals surface area contributed by atoms with Gasteiger partial charge in [-0.05, 0) is 19.3 Å². The largest absolute Gasteiger partial charge is 0.103 e. The molecule has 0 rings (SSSR count). The number of hydrogen-bond donors (Lipinski definition) is 0. The average Bonchev–Trinajstić information content (AvgIpc) is 1.83. The fourth-order valence-electron chi connectivity index (χ4n) is 0.447. The third-order valence-corrected chi connectivity index (χ3v) is 1.15. The van der Waals surface area contributed by atoms with Crippen LogP contribution in [0.15, 0.2) is 24.8 Å². The van der Waals surface area contributed by atoms with Gasteiger partial charge in [0.15, 0.2) is 0 Å². The summed E-state index contributed by atoms with van der Waals surface area (Å²) < 4.78 is 0. The van der Waals surface area contributed by atoms with Crippen LogP contribution in [0.4, 0.5) is 0 Å². The van der Waals surface area contributed by atoms with Gasteiger partial charge in [0.05, 0.1) is 0 Å². The first kappa shape index (κ1) is 7.48. The number of allylic oxidation sites excluding steroid dienone is 3. The van der Waals surface area contributed by atoms with E-state index in [2.05, 4.69) is 25.7 Å². The quantitative estimate of drug-likeness (QED) is 0.490. The zero-order valence-corrected chi connectivity index (χ0v) is 5.72. The van der Waals surface area contributed by atoms with E-state index in [4.69, 9.17) is 0 Å². The Bertz CT molecular complexity index is 80.0. The second-order valence-corrected chi connectivity index (χ2v) is 2.02. The maximum absolute atomic E-state index is 3.68. The summed E-state index contributed by atoms with van der Waals surface area (Å²) in [5.74, 6) is 0.631. The standard InChI is InChI=1S/C8H14/c1-4-6-7-8(3)5-2/h4-6,8H,2,7H2,1,3H3/b6-4-/t8-/m1/s1. The van der Waals surface area contributed by atoms with Gasteiger partial charge >= 0.3 is 0 Å². The summed E-state index contributed by atoms with van der Waals surface area (Å²) in [6.45, 7) is 7.88. The van der Waals surface area contributed by atoms with Crippen LogP contribution in [-0.2, 0) is 0 Å². The normalized spacial score (nSPS) is 14.2. The molecular formula is C8H14. The maximum atomic E-state index is 3.68. The molecule has 0 aromatic rings. The minimum absolute atomic E-state index is 0.631. The van der Waals surface area contributed by atoms with Crippen molar-refractivity contribution in [3.63, 3.8) is 0 Å². The second kappa shape index (κ2) is 4.63. The second-order valence-electron chi connectivity index (χ2n) is 2.02. The van der Waals surface area contributed by atoms with Crippen molar-refractivity contribution in [3.8, 4) is 0 Å². The molecule has 0 saturated carbocycles. The smallest absolute Gasteiger partial charge is 0.0230 e.